The number of fused-ring (bicyclic) bond motifs is 5. The number of benzene rings is 7. The number of hydrogen-bond acceptors (Lipinski definition) is 4. The molecule has 0 radical (unpaired) electrons. The van der Waals surface area contributed by atoms with Crippen molar-refractivity contribution < 1.29 is 4.42 Å². The Bertz CT molecular complexity index is 3010. The van der Waals surface area contributed by atoms with Crippen molar-refractivity contribution >= 4 is 44.2 Å². The third kappa shape index (κ3) is 6.21. The highest BCUT2D eigenvalue weighted by molar-refractivity contribution is 5.99. The molecule has 0 fully saturated rings. The molecule has 56 heavy (non-hydrogen) atoms. The zero-order valence-corrected chi connectivity index (χ0v) is 31.0. The Hall–Kier alpha value is -7.17. The van der Waals surface area contributed by atoms with Gasteiger partial charge >= 0.3 is 0 Å². The summed E-state index contributed by atoms with van der Waals surface area (Å²) >= 11 is 0. The predicted octanol–water partition coefficient (Wildman–Crippen LogP) is 13.6. The quantitative estimate of drug-likeness (QED) is 0.154. The minimum absolute atomic E-state index is 0.634. The molecule has 0 saturated carbocycles. The zero-order chi connectivity index (χ0) is 37.4. The molecule has 7 aromatic carbocycles. The van der Waals surface area contributed by atoms with E-state index in [1.54, 1.807) is 0 Å². The van der Waals surface area contributed by atoms with Crippen molar-refractivity contribution in [2.45, 2.75) is 19.8 Å². The topological polar surface area (TPSA) is 51.8 Å². The lowest BCUT2D eigenvalue weighted by Gasteiger charge is -2.15. The summed E-state index contributed by atoms with van der Waals surface area (Å²) in [5.74, 6) is 2.88. The van der Waals surface area contributed by atoms with E-state index >= 15 is 0 Å². The van der Waals surface area contributed by atoms with Gasteiger partial charge in [0.1, 0.15) is 11.3 Å². The molecule has 2 heterocycles. The van der Waals surface area contributed by atoms with E-state index in [-0.39, 0.29) is 0 Å². The third-order valence-electron chi connectivity index (χ3n) is 10.7. The summed E-state index contributed by atoms with van der Waals surface area (Å²) in [5, 5.41) is 5.84. The maximum absolute atomic E-state index is 6.63. The van der Waals surface area contributed by atoms with E-state index in [1.807, 2.05) is 19.1 Å². The van der Waals surface area contributed by atoms with Crippen LogP contribution in [0.1, 0.15) is 36.1 Å². The van der Waals surface area contributed by atoms with Gasteiger partial charge < -0.3 is 4.42 Å². The SMILES string of the molecule is C/C=C\C=C/c1ccc(-c2ccc3c4c(oc3c2)CCC=C4c2nc(-c3ccc(-c4cccc5ccccc45)cc3)nc(-c3ccc4ccccc4c3)n2)cc1. The minimum Gasteiger partial charge on any atom is -0.460 e. The van der Waals surface area contributed by atoms with Crippen molar-refractivity contribution in [3.63, 3.8) is 0 Å². The van der Waals surface area contributed by atoms with Crippen LogP contribution in [0.4, 0.5) is 0 Å². The van der Waals surface area contributed by atoms with Gasteiger partial charge in [0, 0.05) is 34.1 Å². The maximum atomic E-state index is 6.63. The molecule has 0 aliphatic heterocycles. The molecule has 0 bridgehead atoms. The summed E-state index contributed by atoms with van der Waals surface area (Å²) in [6.45, 7) is 2.02. The second-order valence-corrected chi connectivity index (χ2v) is 14.2. The molecule has 1 aliphatic rings. The maximum Gasteiger partial charge on any atom is 0.164 e. The van der Waals surface area contributed by atoms with E-state index < -0.39 is 0 Å². The van der Waals surface area contributed by atoms with Crippen LogP contribution in [0.25, 0.3) is 89.2 Å². The first-order chi connectivity index (χ1) is 27.7. The Kier molecular flexibility index (Phi) is 8.49. The first-order valence-corrected chi connectivity index (χ1v) is 19.2. The number of hydrogen-bond donors (Lipinski definition) is 0. The van der Waals surface area contributed by atoms with Gasteiger partial charge in [0.25, 0.3) is 0 Å². The summed E-state index contributed by atoms with van der Waals surface area (Å²) < 4.78 is 6.63. The fraction of sp³-hybridized carbons (Fsp3) is 0.0577. The van der Waals surface area contributed by atoms with Crippen molar-refractivity contribution in [3.05, 3.63) is 199 Å². The predicted molar refractivity (Wildman–Crippen MR) is 232 cm³/mol. The van der Waals surface area contributed by atoms with Crippen LogP contribution < -0.4 is 0 Å². The molecular weight excluding hydrogens is 683 g/mol. The van der Waals surface area contributed by atoms with Crippen LogP contribution in [0.5, 0.6) is 0 Å². The van der Waals surface area contributed by atoms with E-state index in [1.165, 1.54) is 21.7 Å². The average Bonchev–Trinajstić information content (AvgIpc) is 3.64. The van der Waals surface area contributed by atoms with Crippen LogP contribution in [0.2, 0.25) is 0 Å². The Morgan fingerprint density at radius 1 is 0.518 bits per heavy atom. The van der Waals surface area contributed by atoms with Crippen molar-refractivity contribution in [1.29, 1.82) is 0 Å². The van der Waals surface area contributed by atoms with Crippen LogP contribution in [-0.2, 0) is 6.42 Å². The molecule has 9 aromatic rings. The highest BCUT2D eigenvalue weighted by atomic mass is 16.3. The van der Waals surface area contributed by atoms with Gasteiger partial charge in [0.2, 0.25) is 0 Å². The van der Waals surface area contributed by atoms with Crippen LogP contribution in [0, 0.1) is 0 Å². The van der Waals surface area contributed by atoms with E-state index in [4.69, 9.17) is 19.4 Å². The fourth-order valence-electron chi connectivity index (χ4n) is 7.87. The minimum atomic E-state index is 0.634. The van der Waals surface area contributed by atoms with Crippen molar-refractivity contribution in [3.8, 4) is 45.0 Å². The lowest BCUT2D eigenvalue weighted by molar-refractivity contribution is 0.545. The number of aromatic nitrogens is 3. The second kappa shape index (κ2) is 14.2. The highest BCUT2D eigenvalue weighted by Gasteiger charge is 2.25. The summed E-state index contributed by atoms with van der Waals surface area (Å²) in [5.41, 5.74) is 10.6. The summed E-state index contributed by atoms with van der Waals surface area (Å²) in [6.07, 6.45) is 12.2. The number of nitrogens with zero attached hydrogens (tertiary/aromatic N) is 3. The van der Waals surface area contributed by atoms with Crippen molar-refractivity contribution in [2.75, 3.05) is 0 Å². The fourth-order valence-corrected chi connectivity index (χ4v) is 7.87. The van der Waals surface area contributed by atoms with Crippen LogP contribution >= 0.6 is 0 Å². The van der Waals surface area contributed by atoms with Gasteiger partial charge in [-0.05, 0) is 80.9 Å². The molecule has 10 rings (SSSR count). The molecule has 4 nitrogen and oxygen atoms in total. The van der Waals surface area contributed by atoms with Crippen LogP contribution in [-0.4, -0.2) is 15.0 Å². The zero-order valence-electron chi connectivity index (χ0n) is 31.0. The molecule has 4 heteroatoms. The van der Waals surface area contributed by atoms with Gasteiger partial charge in [0.15, 0.2) is 17.5 Å². The number of furan rings is 1. The van der Waals surface area contributed by atoms with Gasteiger partial charge in [-0.3, -0.25) is 0 Å². The molecule has 0 N–H and O–H groups in total. The van der Waals surface area contributed by atoms with E-state index in [2.05, 4.69) is 170 Å². The summed E-state index contributed by atoms with van der Waals surface area (Å²) in [6, 6.07) is 53.5. The van der Waals surface area contributed by atoms with E-state index in [0.29, 0.717) is 17.5 Å². The first kappa shape index (κ1) is 33.4. The van der Waals surface area contributed by atoms with Gasteiger partial charge in [0.05, 0.1) is 0 Å². The number of aryl methyl sites for hydroxylation is 1. The molecule has 0 saturated heterocycles. The molecular formula is C52H37N3O. The number of rotatable bonds is 7. The molecule has 0 atom stereocenters. The lowest BCUT2D eigenvalue weighted by Crippen LogP contribution is -2.06. The normalized spacial score (nSPS) is 12.9. The van der Waals surface area contributed by atoms with E-state index in [0.717, 1.165) is 79.5 Å². The summed E-state index contributed by atoms with van der Waals surface area (Å²) in [4.78, 5) is 15.5. The monoisotopic (exact) mass is 719 g/mol. The van der Waals surface area contributed by atoms with Gasteiger partial charge in [-0.25, -0.2) is 15.0 Å². The van der Waals surface area contributed by atoms with Gasteiger partial charge in [-0.15, -0.1) is 0 Å². The molecule has 1 aliphatic carbocycles. The Morgan fingerprint density at radius 2 is 1.20 bits per heavy atom. The van der Waals surface area contributed by atoms with E-state index in [9.17, 15) is 0 Å². The second-order valence-electron chi connectivity index (χ2n) is 14.2. The third-order valence-corrected chi connectivity index (χ3v) is 10.7. The standard InChI is InChI=1S/C52H37N3O/c1-2-3-4-11-34-20-22-36(23-21-34)41-30-31-45-48(33-41)56-47-19-10-18-46(49(45)47)52-54-50(53-51(55-52)42-29-24-35-12-5-6-14-40(35)32-42)39-27-25-38(26-28-39)44-17-9-15-37-13-7-8-16-43(37)44/h2-9,11-18,20-33H,10,19H2,1H3/b3-2-,11-4-. The Morgan fingerprint density at radius 3 is 2.04 bits per heavy atom. The Labute approximate surface area is 325 Å². The van der Waals surface area contributed by atoms with Gasteiger partial charge in [-0.2, -0.15) is 0 Å². The van der Waals surface area contributed by atoms with Crippen LogP contribution in [0.3, 0.4) is 0 Å². The molecule has 266 valence electrons. The summed E-state index contributed by atoms with van der Waals surface area (Å²) in [7, 11) is 0. The smallest absolute Gasteiger partial charge is 0.164 e. The lowest BCUT2D eigenvalue weighted by atomic mass is 9.92. The Balaban J connectivity index is 1.06. The first-order valence-electron chi connectivity index (χ1n) is 19.2. The largest absolute Gasteiger partial charge is 0.460 e. The van der Waals surface area contributed by atoms with Crippen molar-refractivity contribution in [2.24, 2.45) is 0 Å². The van der Waals surface area contributed by atoms with Crippen molar-refractivity contribution in [1.82, 2.24) is 15.0 Å². The highest BCUT2D eigenvalue weighted by Crippen LogP contribution is 2.40. The molecule has 0 amide bonds. The van der Waals surface area contributed by atoms with Crippen LogP contribution in [0.15, 0.2) is 180 Å². The molecule has 0 spiro atoms. The number of allylic oxidation sites excluding steroid dienone is 4. The van der Waals surface area contributed by atoms with Gasteiger partial charge in [-0.1, -0.05) is 164 Å². The molecule has 2 aromatic heterocycles. The molecule has 0 unspecified atom stereocenters. The average molecular weight is 720 g/mol.